The molecule has 0 amide bonds. The second kappa shape index (κ2) is 12.2. The van der Waals surface area contributed by atoms with Gasteiger partial charge in [0.05, 0.1) is 14.2 Å². The standard InChI is InChI=1S/C33H25ClN2O4/c1-37-26-14-10-23(11-15-26)31-29(19-35)33(40-32(31)24-12-16-27(38-2)17-13-24)36-20-22-6-5-8-28(18-22)39-21-25-7-3-4-9-30(25)34/h3-18,20H,21H2,1-2H3. The maximum absolute atomic E-state index is 10.2. The molecular formula is C33H25ClN2O4. The van der Waals surface area contributed by atoms with E-state index in [0.29, 0.717) is 40.0 Å². The maximum atomic E-state index is 10.2. The van der Waals surface area contributed by atoms with Crippen molar-refractivity contribution in [3.63, 3.8) is 0 Å². The first kappa shape index (κ1) is 26.6. The van der Waals surface area contributed by atoms with Gasteiger partial charge in [0.2, 0.25) is 5.88 Å². The molecule has 40 heavy (non-hydrogen) atoms. The number of hydrogen-bond donors (Lipinski definition) is 0. The predicted octanol–water partition coefficient (Wildman–Crippen LogP) is 8.49. The zero-order valence-corrected chi connectivity index (χ0v) is 22.7. The number of nitrogens with zero attached hydrogens (tertiary/aromatic N) is 2. The molecule has 0 spiro atoms. The molecule has 1 aromatic heterocycles. The van der Waals surface area contributed by atoms with E-state index in [2.05, 4.69) is 11.1 Å². The first-order valence-electron chi connectivity index (χ1n) is 12.5. The van der Waals surface area contributed by atoms with Crippen LogP contribution in [0.2, 0.25) is 5.02 Å². The van der Waals surface area contributed by atoms with Crippen LogP contribution in [-0.2, 0) is 6.61 Å². The van der Waals surface area contributed by atoms with Crippen molar-refractivity contribution in [2.24, 2.45) is 4.99 Å². The second-order valence-corrected chi connectivity index (χ2v) is 9.17. The number of halogens is 1. The molecule has 0 fully saturated rings. The van der Waals surface area contributed by atoms with Crippen LogP contribution in [0.25, 0.3) is 22.5 Å². The van der Waals surface area contributed by atoms with Gasteiger partial charge in [-0.2, -0.15) is 5.26 Å². The lowest BCUT2D eigenvalue weighted by Crippen LogP contribution is -1.96. The van der Waals surface area contributed by atoms with Crippen LogP contribution in [0.4, 0.5) is 5.88 Å². The van der Waals surface area contributed by atoms with Crippen LogP contribution in [0, 0.1) is 11.3 Å². The SMILES string of the molecule is COc1ccc(-c2oc(N=Cc3cccc(OCc4ccccc4Cl)c3)c(C#N)c2-c2ccc(OC)cc2)cc1. The van der Waals surface area contributed by atoms with E-state index in [4.69, 9.17) is 30.2 Å². The van der Waals surface area contributed by atoms with Gasteiger partial charge in [0.1, 0.15) is 41.2 Å². The van der Waals surface area contributed by atoms with Crippen molar-refractivity contribution in [1.29, 1.82) is 5.26 Å². The van der Waals surface area contributed by atoms with Gasteiger partial charge in [-0.1, -0.05) is 54.1 Å². The third-order valence-electron chi connectivity index (χ3n) is 6.27. The Bertz CT molecular complexity index is 1680. The molecule has 0 N–H and O–H groups in total. The highest BCUT2D eigenvalue weighted by molar-refractivity contribution is 6.31. The molecule has 6 nitrogen and oxygen atoms in total. The number of ether oxygens (including phenoxy) is 3. The van der Waals surface area contributed by atoms with Crippen LogP contribution >= 0.6 is 11.6 Å². The molecular weight excluding hydrogens is 524 g/mol. The molecule has 1 heterocycles. The van der Waals surface area contributed by atoms with Gasteiger partial charge >= 0.3 is 0 Å². The molecule has 0 bridgehead atoms. The molecule has 0 atom stereocenters. The first-order valence-corrected chi connectivity index (χ1v) is 12.8. The van der Waals surface area contributed by atoms with Gasteiger partial charge in [0, 0.05) is 27.9 Å². The van der Waals surface area contributed by atoms with E-state index in [9.17, 15) is 5.26 Å². The highest BCUT2D eigenvalue weighted by atomic mass is 35.5. The van der Waals surface area contributed by atoms with Gasteiger partial charge in [-0.15, -0.1) is 0 Å². The lowest BCUT2D eigenvalue weighted by Gasteiger charge is -2.08. The largest absolute Gasteiger partial charge is 0.497 e. The van der Waals surface area contributed by atoms with Gasteiger partial charge < -0.3 is 18.6 Å². The van der Waals surface area contributed by atoms with Crippen molar-refractivity contribution < 1.29 is 18.6 Å². The fourth-order valence-electron chi connectivity index (χ4n) is 4.19. The molecule has 5 aromatic rings. The molecule has 0 aliphatic heterocycles. The molecule has 4 aromatic carbocycles. The van der Waals surface area contributed by atoms with Crippen molar-refractivity contribution >= 4 is 23.7 Å². The predicted molar refractivity (Wildman–Crippen MR) is 157 cm³/mol. The Morgan fingerprint density at radius 1 is 0.825 bits per heavy atom. The van der Waals surface area contributed by atoms with Gasteiger partial charge in [-0.25, -0.2) is 4.99 Å². The number of nitriles is 1. The van der Waals surface area contributed by atoms with E-state index in [1.807, 2.05) is 97.1 Å². The summed E-state index contributed by atoms with van der Waals surface area (Å²) >= 11 is 6.25. The number of furan rings is 1. The summed E-state index contributed by atoms with van der Waals surface area (Å²) in [4.78, 5) is 4.58. The van der Waals surface area contributed by atoms with Crippen molar-refractivity contribution in [2.45, 2.75) is 6.61 Å². The smallest absolute Gasteiger partial charge is 0.238 e. The lowest BCUT2D eigenvalue weighted by atomic mass is 9.98. The molecule has 0 aliphatic rings. The Hall–Kier alpha value is -4.99. The molecule has 5 rings (SSSR count). The summed E-state index contributed by atoms with van der Waals surface area (Å²) in [5.74, 6) is 2.85. The zero-order valence-electron chi connectivity index (χ0n) is 21.9. The van der Waals surface area contributed by atoms with Crippen LogP contribution in [0.1, 0.15) is 16.7 Å². The molecule has 0 saturated carbocycles. The summed E-state index contributed by atoms with van der Waals surface area (Å²) in [6.07, 6.45) is 1.65. The number of aliphatic imine (C=N–C) groups is 1. The molecule has 0 saturated heterocycles. The van der Waals surface area contributed by atoms with E-state index in [1.165, 1.54) is 0 Å². The summed E-state index contributed by atoms with van der Waals surface area (Å²) in [6.45, 7) is 0.341. The quantitative estimate of drug-likeness (QED) is 0.173. The van der Waals surface area contributed by atoms with Crippen LogP contribution < -0.4 is 14.2 Å². The monoisotopic (exact) mass is 548 g/mol. The Morgan fingerprint density at radius 2 is 1.50 bits per heavy atom. The summed E-state index contributed by atoms with van der Waals surface area (Å²) in [5.41, 5.74) is 4.27. The Kier molecular flexibility index (Phi) is 8.15. The second-order valence-electron chi connectivity index (χ2n) is 8.77. The molecule has 198 valence electrons. The normalized spacial score (nSPS) is 10.8. The number of benzene rings is 4. The molecule has 0 unspecified atom stereocenters. The van der Waals surface area contributed by atoms with Crippen LogP contribution in [0.15, 0.2) is 106 Å². The third-order valence-corrected chi connectivity index (χ3v) is 6.64. The number of methoxy groups -OCH3 is 2. The van der Waals surface area contributed by atoms with Crippen molar-refractivity contribution in [1.82, 2.24) is 0 Å². The molecule has 0 radical (unpaired) electrons. The first-order chi connectivity index (χ1) is 19.6. The fraction of sp³-hybridized carbons (Fsp3) is 0.0909. The van der Waals surface area contributed by atoms with E-state index >= 15 is 0 Å². The topological polar surface area (TPSA) is 77.0 Å². The Balaban J connectivity index is 1.49. The number of rotatable bonds is 9. The van der Waals surface area contributed by atoms with E-state index in [-0.39, 0.29) is 5.88 Å². The lowest BCUT2D eigenvalue weighted by molar-refractivity contribution is 0.306. The summed E-state index contributed by atoms with van der Waals surface area (Å²) in [7, 11) is 3.22. The minimum Gasteiger partial charge on any atom is -0.497 e. The van der Waals surface area contributed by atoms with Gasteiger partial charge in [0.15, 0.2) is 0 Å². The van der Waals surface area contributed by atoms with Gasteiger partial charge in [-0.05, 0) is 65.7 Å². The molecule has 7 heteroatoms. The summed E-state index contributed by atoms with van der Waals surface area (Å²) < 4.78 is 22.8. The van der Waals surface area contributed by atoms with Gasteiger partial charge in [-0.3, -0.25) is 0 Å². The van der Waals surface area contributed by atoms with Crippen LogP contribution in [0.5, 0.6) is 17.2 Å². The maximum Gasteiger partial charge on any atom is 0.238 e. The van der Waals surface area contributed by atoms with Gasteiger partial charge in [0.25, 0.3) is 0 Å². The number of hydrogen-bond acceptors (Lipinski definition) is 6. The van der Waals surface area contributed by atoms with Crippen molar-refractivity contribution in [3.8, 4) is 45.8 Å². The average molecular weight is 549 g/mol. The third kappa shape index (κ3) is 5.85. The van der Waals surface area contributed by atoms with E-state index in [0.717, 1.165) is 28.0 Å². The highest BCUT2D eigenvalue weighted by Crippen LogP contribution is 2.43. The zero-order chi connectivity index (χ0) is 27.9. The van der Waals surface area contributed by atoms with Crippen LogP contribution in [0.3, 0.4) is 0 Å². The van der Waals surface area contributed by atoms with E-state index in [1.54, 1.807) is 20.4 Å². The average Bonchev–Trinajstić information content (AvgIpc) is 3.38. The minimum absolute atomic E-state index is 0.210. The molecule has 0 aliphatic carbocycles. The van der Waals surface area contributed by atoms with E-state index < -0.39 is 0 Å². The fourth-order valence-corrected chi connectivity index (χ4v) is 4.38. The Labute approximate surface area is 237 Å². The Morgan fingerprint density at radius 3 is 2.15 bits per heavy atom. The summed E-state index contributed by atoms with van der Waals surface area (Å²) in [6, 6.07) is 32.3. The minimum atomic E-state index is 0.210. The highest BCUT2D eigenvalue weighted by Gasteiger charge is 2.23. The van der Waals surface area contributed by atoms with Crippen molar-refractivity contribution in [3.05, 3.63) is 119 Å². The van der Waals surface area contributed by atoms with Crippen LogP contribution in [-0.4, -0.2) is 20.4 Å². The summed E-state index contributed by atoms with van der Waals surface area (Å²) in [5, 5.41) is 10.8. The van der Waals surface area contributed by atoms with Crippen molar-refractivity contribution in [2.75, 3.05) is 14.2 Å².